The highest BCUT2D eigenvalue weighted by atomic mass is 32.2. The molecule has 4 rings (SSSR count). The molecule has 1 aromatic carbocycles. The zero-order chi connectivity index (χ0) is 22.4. The third-order valence-electron chi connectivity index (χ3n) is 7.38. The number of hydrogen-bond donors (Lipinski definition) is 0. The summed E-state index contributed by atoms with van der Waals surface area (Å²) in [5.74, 6) is 1.52. The largest absolute Gasteiger partial charge is 0.316 e. The molecule has 0 radical (unpaired) electrons. The Kier molecular flexibility index (Phi) is 6.07. The van der Waals surface area contributed by atoms with Gasteiger partial charge in [0.1, 0.15) is 0 Å². The number of fused-ring (bicyclic) bond motifs is 2. The molecule has 2 aliphatic rings. The van der Waals surface area contributed by atoms with Gasteiger partial charge < -0.3 is 4.57 Å². The Hall–Kier alpha value is -1.67. The summed E-state index contributed by atoms with van der Waals surface area (Å²) in [6, 6.07) is 8.26. The van der Waals surface area contributed by atoms with Gasteiger partial charge in [-0.2, -0.15) is 0 Å². The van der Waals surface area contributed by atoms with Gasteiger partial charge in [0.25, 0.3) is 0 Å². The number of sulfone groups is 2. The number of hydrogen-bond acceptors (Lipinski definition) is 5. The van der Waals surface area contributed by atoms with Crippen LogP contribution < -0.4 is 0 Å². The van der Waals surface area contributed by atoms with Gasteiger partial charge in [0.05, 0.1) is 22.1 Å². The van der Waals surface area contributed by atoms with Crippen molar-refractivity contribution in [3.8, 4) is 0 Å². The molecule has 170 valence electrons. The first-order chi connectivity index (χ1) is 14.6. The predicted molar refractivity (Wildman–Crippen MR) is 121 cm³/mol. The lowest BCUT2D eigenvalue weighted by atomic mass is 9.84. The summed E-state index contributed by atoms with van der Waals surface area (Å²) in [5, 5.41) is 0.106. The van der Waals surface area contributed by atoms with Crippen LogP contribution in [0.5, 0.6) is 0 Å². The van der Waals surface area contributed by atoms with Crippen molar-refractivity contribution in [3.63, 3.8) is 0 Å². The minimum absolute atomic E-state index is 0.0486. The van der Waals surface area contributed by atoms with Gasteiger partial charge in [-0.05, 0) is 76.3 Å². The molecule has 0 saturated heterocycles. The number of aryl methyl sites for hydroxylation is 1. The summed E-state index contributed by atoms with van der Waals surface area (Å²) in [6.45, 7) is 5.90. The molecule has 2 fully saturated rings. The van der Waals surface area contributed by atoms with Gasteiger partial charge in [0.2, 0.25) is 15.0 Å². The molecular weight excluding hydrogens is 432 g/mol. The zero-order valence-electron chi connectivity index (χ0n) is 18.5. The maximum Gasteiger partial charge on any atom is 0.228 e. The molecule has 2 aromatic rings. The third kappa shape index (κ3) is 4.33. The van der Waals surface area contributed by atoms with Gasteiger partial charge in [-0.3, -0.25) is 0 Å². The van der Waals surface area contributed by atoms with E-state index in [0.717, 1.165) is 23.7 Å². The van der Waals surface area contributed by atoms with E-state index < -0.39 is 19.7 Å². The zero-order valence-corrected chi connectivity index (χ0v) is 20.1. The summed E-state index contributed by atoms with van der Waals surface area (Å²) in [7, 11) is -7.20. The van der Waals surface area contributed by atoms with E-state index in [-0.39, 0.29) is 34.0 Å². The average molecular weight is 465 g/mol. The van der Waals surface area contributed by atoms with Crippen LogP contribution >= 0.6 is 0 Å². The van der Waals surface area contributed by atoms with Gasteiger partial charge in [-0.25, -0.2) is 21.8 Å². The normalized spacial score (nSPS) is 24.5. The molecule has 1 heterocycles. The molecule has 31 heavy (non-hydrogen) atoms. The van der Waals surface area contributed by atoms with Gasteiger partial charge in [0, 0.05) is 11.7 Å². The first kappa shape index (κ1) is 22.5. The van der Waals surface area contributed by atoms with Crippen molar-refractivity contribution < 1.29 is 16.8 Å². The molecule has 0 amide bonds. The summed E-state index contributed by atoms with van der Waals surface area (Å²) in [5.41, 5.74) is 1.62. The summed E-state index contributed by atoms with van der Waals surface area (Å²) < 4.78 is 53.4. The molecule has 8 heteroatoms. The van der Waals surface area contributed by atoms with E-state index in [1.54, 1.807) is 30.3 Å². The fourth-order valence-electron chi connectivity index (χ4n) is 5.65. The lowest BCUT2D eigenvalue weighted by Crippen LogP contribution is -2.26. The molecule has 0 aliphatic heterocycles. The highest BCUT2D eigenvalue weighted by Gasteiger charge is 2.43. The van der Waals surface area contributed by atoms with E-state index in [4.69, 9.17) is 0 Å². The Labute approximate surface area is 185 Å². The molecule has 0 unspecified atom stereocenters. The van der Waals surface area contributed by atoms with Crippen LogP contribution in [0, 0.1) is 31.6 Å². The smallest absolute Gasteiger partial charge is 0.228 e. The molecule has 2 aliphatic carbocycles. The minimum Gasteiger partial charge on any atom is -0.316 e. The molecule has 2 bridgehead atoms. The maximum absolute atomic E-state index is 13.2. The van der Waals surface area contributed by atoms with Crippen LogP contribution in [0.25, 0.3) is 0 Å². The van der Waals surface area contributed by atoms with Gasteiger partial charge in [-0.1, -0.05) is 24.6 Å². The number of rotatable bonds is 8. The quantitative estimate of drug-likeness (QED) is 0.586. The standard InChI is InChI=1S/C23H32N2O4S2/c1-16-17(2)25(18(3)22-15-19-10-11-20(22)14-19)23(24-16)31(28,29)13-7-12-30(26,27)21-8-5-4-6-9-21/h4-6,8-9,18-20,22H,7,10-15H2,1-3H3/t18-,19-,20-,22-/m0/s1. The topological polar surface area (TPSA) is 86.1 Å². The van der Waals surface area contributed by atoms with Gasteiger partial charge >= 0.3 is 0 Å². The first-order valence-electron chi connectivity index (χ1n) is 11.2. The van der Waals surface area contributed by atoms with Crippen molar-refractivity contribution in [1.29, 1.82) is 0 Å². The van der Waals surface area contributed by atoms with Crippen LogP contribution in [0.4, 0.5) is 0 Å². The van der Waals surface area contributed by atoms with Crippen molar-refractivity contribution in [1.82, 2.24) is 9.55 Å². The van der Waals surface area contributed by atoms with E-state index in [0.29, 0.717) is 11.8 Å². The van der Waals surface area contributed by atoms with Crippen molar-refractivity contribution >= 4 is 19.7 Å². The van der Waals surface area contributed by atoms with Crippen LogP contribution in [0.3, 0.4) is 0 Å². The predicted octanol–water partition coefficient (Wildman–Crippen LogP) is 4.13. The van der Waals surface area contributed by atoms with E-state index in [9.17, 15) is 16.8 Å². The Morgan fingerprint density at radius 1 is 1.00 bits per heavy atom. The SMILES string of the molecule is Cc1nc(S(=O)(=O)CCCS(=O)(=O)c2ccccc2)n([C@@H](C)[C@@H]2C[C@H]3CC[C@H]2C3)c1C. The molecular formula is C23H32N2O4S2. The van der Waals surface area contributed by atoms with E-state index in [1.165, 1.54) is 19.3 Å². The average Bonchev–Trinajstić information content (AvgIpc) is 3.44. The Morgan fingerprint density at radius 2 is 1.68 bits per heavy atom. The third-order valence-corrected chi connectivity index (χ3v) is 10.9. The maximum atomic E-state index is 13.2. The highest BCUT2D eigenvalue weighted by molar-refractivity contribution is 7.92. The fraction of sp³-hybridized carbons (Fsp3) is 0.609. The number of aromatic nitrogens is 2. The fourth-order valence-corrected chi connectivity index (χ4v) is 8.75. The summed E-state index contributed by atoms with van der Waals surface area (Å²) in [6.07, 6.45) is 5.02. The monoisotopic (exact) mass is 464 g/mol. The molecule has 4 atom stereocenters. The number of imidazole rings is 1. The lowest BCUT2D eigenvalue weighted by molar-refractivity contribution is 0.231. The summed E-state index contributed by atoms with van der Waals surface area (Å²) >= 11 is 0. The molecule has 1 aromatic heterocycles. The van der Waals surface area contributed by atoms with Crippen LogP contribution in [-0.2, 0) is 19.7 Å². The highest BCUT2D eigenvalue weighted by Crippen LogP contribution is 2.52. The van der Waals surface area contributed by atoms with E-state index in [2.05, 4.69) is 11.9 Å². The molecule has 0 spiro atoms. The summed E-state index contributed by atoms with van der Waals surface area (Å²) in [4.78, 5) is 4.66. The van der Waals surface area contributed by atoms with E-state index >= 15 is 0 Å². The molecule has 6 nitrogen and oxygen atoms in total. The van der Waals surface area contributed by atoms with Crippen LogP contribution in [0.1, 0.15) is 56.5 Å². The molecule has 2 saturated carbocycles. The van der Waals surface area contributed by atoms with Crippen LogP contribution in [0.2, 0.25) is 0 Å². The second kappa shape index (κ2) is 8.35. The lowest BCUT2D eigenvalue weighted by Gasteiger charge is -2.30. The van der Waals surface area contributed by atoms with Crippen LogP contribution in [0.15, 0.2) is 40.4 Å². The second-order valence-electron chi connectivity index (χ2n) is 9.32. The molecule has 0 N–H and O–H groups in total. The van der Waals surface area contributed by atoms with E-state index in [1.807, 2.05) is 18.4 Å². The second-order valence-corrected chi connectivity index (χ2v) is 13.4. The van der Waals surface area contributed by atoms with Crippen molar-refractivity contribution in [3.05, 3.63) is 41.7 Å². The Bertz CT molecular complexity index is 1150. The van der Waals surface area contributed by atoms with Crippen LogP contribution in [-0.4, -0.2) is 37.9 Å². The van der Waals surface area contributed by atoms with Crippen molar-refractivity contribution in [2.45, 2.75) is 69.0 Å². The minimum atomic E-state index is -3.70. The van der Waals surface area contributed by atoms with Gasteiger partial charge in [-0.15, -0.1) is 0 Å². The Balaban J connectivity index is 1.53. The Morgan fingerprint density at radius 3 is 2.29 bits per heavy atom. The van der Waals surface area contributed by atoms with Crippen molar-refractivity contribution in [2.24, 2.45) is 17.8 Å². The van der Waals surface area contributed by atoms with Gasteiger partial charge in [0.15, 0.2) is 9.84 Å². The van der Waals surface area contributed by atoms with Crippen molar-refractivity contribution in [2.75, 3.05) is 11.5 Å². The number of nitrogens with zero attached hydrogens (tertiary/aromatic N) is 2. The first-order valence-corrected chi connectivity index (χ1v) is 14.5. The number of benzene rings is 1.